The fourth-order valence-corrected chi connectivity index (χ4v) is 5.62. The van der Waals surface area contributed by atoms with Crippen LogP contribution in [0.25, 0.3) is 0 Å². The summed E-state index contributed by atoms with van der Waals surface area (Å²) in [5, 5.41) is 3.58. The number of halogens is 2. The Hall–Kier alpha value is -3.39. The zero-order valence-electron chi connectivity index (χ0n) is 19.8. The summed E-state index contributed by atoms with van der Waals surface area (Å²) in [5.74, 6) is -1.93. The van der Waals surface area contributed by atoms with Gasteiger partial charge in [-0.05, 0) is 47.7 Å². The van der Waals surface area contributed by atoms with Gasteiger partial charge in [0.2, 0.25) is 5.91 Å². The lowest BCUT2D eigenvalue weighted by molar-refractivity contribution is -0.139. The van der Waals surface area contributed by atoms with Crippen molar-refractivity contribution in [2.75, 3.05) is 6.54 Å². The highest BCUT2D eigenvalue weighted by Gasteiger charge is 2.49. The molecule has 3 amide bonds. The van der Waals surface area contributed by atoms with Crippen molar-refractivity contribution < 1.29 is 19.2 Å². The Labute approximate surface area is 224 Å². The molecule has 2 N–H and O–H groups in total. The molecule has 0 aromatic heterocycles. The van der Waals surface area contributed by atoms with Crippen LogP contribution >= 0.6 is 23.2 Å². The SMILES string of the molecule is O=C(NOCc1ccccc1)[C@@H]1c2ccccc2C(=O)N([C@@H]2CCCNC2=O)[C@H]1c1ccc(Cl)cc1Cl. The molecule has 0 bridgehead atoms. The maximum Gasteiger partial charge on any atom is 0.255 e. The van der Waals surface area contributed by atoms with E-state index in [4.69, 9.17) is 28.0 Å². The normalized spacial score (nSPS) is 21.2. The highest BCUT2D eigenvalue weighted by molar-refractivity contribution is 6.35. The van der Waals surface area contributed by atoms with Gasteiger partial charge in [-0.3, -0.25) is 19.2 Å². The molecule has 37 heavy (non-hydrogen) atoms. The predicted molar refractivity (Wildman–Crippen MR) is 140 cm³/mol. The molecule has 2 heterocycles. The average molecular weight is 538 g/mol. The molecule has 9 heteroatoms. The minimum atomic E-state index is -0.891. The lowest BCUT2D eigenvalue weighted by atomic mass is 9.78. The number of benzene rings is 3. The Morgan fingerprint density at radius 1 is 1.00 bits per heavy atom. The monoisotopic (exact) mass is 537 g/mol. The van der Waals surface area contributed by atoms with Gasteiger partial charge in [-0.25, -0.2) is 5.48 Å². The Morgan fingerprint density at radius 2 is 1.76 bits per heavy atom. The third-order valence-electron chi connectivity index (χ3n) is 6.79. The number of carbonyl (C=O) groups excluding carboxylic acids is 3. The predicted octanol–water partition coefficient (Wildman–Crippen LogP) is 4.80. The molecule has 3 aromatic rings. The fraction of sp³-hybridized carbons (Fsp3) is 0.250. The summed E-state index contributed by atoms with van der Waals surface area (Å²) in [6.45, 7) is 0.707. The van der Waals surface area contributed by atoms with E-state index in [1.165, 1.54) is 4.90 Å². The minimum Gasteiger partial charge on any atom is -0.354 e. The molecule has 5 rings (SSSR count). The molecule has 2 aliphatic rings. The van der Waals surface area contributed by atoms with Gasteiger partial charge in [0.15, 0.2) is 0 Å². The molecule has 0 unspecified atom stereocenters. The second-order valence-electron chi connectivity index (χ2n) is 9.08. The standard InChI is InChI=1S/C28H25Cl2N3O4/c29-18-12-13-21(22(30)15-18)25-24(27(35)32-37-16-17-7-2-1-3-8-17)19-9-4-5-10-20(19)28(36)33(25)23-11-6-14-31-26(23)34/h1-5,7-10,12-13,15,23-25H,6,11,14,16H2,(H,31,34)(H,32,35)/t23-,24-,25+/m1/s1. The quantitative estimate of drug-likeness (QED) is 0.442. The molecule has 0 aliphatic carbocycles. The third-order valence-corrected chi connectivity index (χ3v) is 7.35. The van der Waals surface area contributed by atoms with Crippen molar-refractivity contribution in [2.45, 2.75) is 37.5 Å². The second kappa shape index (κ2) is 10.9. The first-order valence-corrected chi connectivity index (χ1v) is 12.8. The van der Waals surface area contributed by atoms with E-state index >= 15 is 0 Å². The van der Waals surface area contributed by atoms with Crippen LogP contribution in [-0.2, 0) is 21.0 Å². The first kappa shape index (κ1) is 25.3. The number of piperidine rings is 1. The Bertz CT molecular complexity index is 1330. The Balaban J connectivity index is 1.58. The number of amides is 3. The van der Waals surface area contributed by atoms with E-state index in [2.05, 4.69) is 10.8 Å². The van der Waals surface area contributed by atoms with Gasteiger partial charge >= 0.3 is 0 Å². The van der Waals surface area contributed by atoms with Gasteiger partial charge in [0.25, 0.3) is 11.8 Å². The van der Waals surface area contributed by atoms with Crippen molar-refractivity contribution in [1.29, 1.82) is 0 Å². The van der Waals surface area contributed by atoms with E-state index in [1.54, 1.807) is 42.5 Å². The van der Waals surface area contributed by atoms with E-state index in [9.17, 15) is 14.4 Å². The van der Waals surface area contributed by atoms with E-state index in [0.29, 0.717) is 46.1 Å². The van der Waals surface area contributed by atoms with E-state index < -0.39 is 23.9 Å². The van der Waals surface area contributed by atoms with Gasteiger partial charge in [0.05, 0.1) is 18.6 Å². The zero-order valence-corrected chi connectivity index (χ0v) is 21.3. The minimum absolute atomic E-state index is 0.168. The van der Waals surface area contributed by atoms with Crippen LogP contribution in [0.15, 0.2) is 72.8 Å². The first-order valence-electron chi connectivity index (χ1n) is 12.1. The number of hydrogen-bond donors (Lipinski definition) is 2. The number of fused-ring (bicyclic) bond motifs is 1. The molecular weight excluding hydrogens is 513 g/mol. The number of nitrogens with one attached hydrogen (secondary N) is 2. The zero-order chi connectivity index (χ0) is 25.9. The Kier molecular flexibility index (Phi) is 7.46. The van der Waals surface area contributed by atoms with Crippen LogP contribution in [0.2, 0.25) is 10.0 Å². The second-order valence-corrected chi connectivity index (χ2v) is 9.92. The first-order chi connectivity index (χ1) is 18.0. The van der Waals surface area contributed by atoms with Gasteiger partial charge in [0, 0.05) is 22.2 Å². The van der Waals surface area contributed by atoms with E-state index in [-0.39, 0.29) is 18.4 Å². The fourth-order valence-electron chi connectivity index (χ4n) is 5.10. The molecule has 7 nitrogen and oxygen atoms in total. The number of carbonyl (C=O) groups is 3. The summed E-state index contributed by atoms with van der Waals surface area (Å²) >= 11 is 12.8. The molecule has 3 aromatic carbocycles. The van der Waals surface area contributed by atoms with Gasteiger partial charge in [0.1, 0.15) is 6.04 Å². The van der Waals surface area contributed by atoms with Crippen LogP contribution in [0.4, 0.5) is 0 Å². The highest BCUT2D eigenvalue weighted by Crippen LogP contribution is 2.46. The summed E-state index contributed by atoms with van der Waals surface area (Å²) < 4.78 is 0. The molecule has 1 saturated heterocycles. The summed E-state index contributed by atoms with van der Waals surface area (Å²) in [6.07, 6.45) is 1.18. The average Bonchev–Trinajstić information content (AvgIpc) is 2.90. The van der Waals surface area contributed by atoms with Crippen LogP contribution in [-0.4, -0.2) is 35.2 Å². The molecule has 1 fully saturated rings. The smallest absolute Gasteiger partial charge is 0.255 e. The molecule has 3 atom stereocenters. The van der Waals surface area contributed by atoms with E-state index in [1.807, 2.05) is 30.3 Å². The molecule has 190 valence electrons. The van der Waals surface area contributed by atoms with E-state index in [0.717, 1.165) is 5.56 Å². The van der Waals surface area contributed by atoms with Gasteiger partial charge in [-0.15, -0.1) is 0 Å². The summed E-state index contributed by atoms with van der Waals surface area (Å²) in [7, 11) is 0. The van der Waals surface area contributed by atoms with Crippen LogP contribution in [0, 0.1) is 0 Å². The summed E-state index contributed by atoms with van der Waals surface area (Å²) in [4.78, 5) is 47.8. The van der Waals surface area contributed by atoms with Crippen LogP contribution < -0.4 is 10.8 Å². The summed E-state index contributed by atoms with van der Waals surface area (Å²) in [6, 6.07) is 19.7. The molecular formula is C28H25Cl2N3O4. The number of hydroxylamine groups is 1. The number of rotatable bonds is 6. The lowest BCUT2D eigenvalue weighted by Crippen LogP contribution is -2.57. The Morgan fingerprint density at radius 3 is 2.51 bits per heavy atom. The molecule has 0 radical (unpaired) electrons. The third kappa shape index (κ3) is 5.07. The van der Waals surface area contributed by atoms with Crippen molar-refractivity contribution in [3.63, 3.8) is 0 Å². The van der Waals surface area contributed by atoms with Crippen molar-refractivity contribution in [2.24, 2.45) is 0 Å². The van der Waals surface area contributed by atoms with Gasteiger partial charge in [-0.1, -0.05) is 77.8 Å². The van der Waals surface area contributed by atoms with Crippen molar-refractivity contribution >= 4 is 40.9 Å². The molecule has 0 saturated carbocycles. The highest BCUT2D eigenvalue weighted by atomic mass is 35.5. The van der Waals surface area contributed by atoms with Crippen LogP contribution in [0.5, 0.6) is 0 Å². The van der Waals surface area contributed by atoms with Crippen molar-refractivity contribution in [3.05, 3.63) is 105 Å². The van der Waals surface area contributed by atoms with Gasteiger partial charge < -0.3 is 10.2 Å². The number of hydrogen-bond acceptors (Lipinski definition) is 4. The molecule has 0 spiro atoms. The maximum absolute atomic E-state index is 13.9. The van der Waals surface area contributed by atoms with Crippen molar-refractivity contribution in [3.8, 4) is 0 Å². The maximum atomic E-state index is 13.9. The lowest BCUT2D eigenvalue weighted by Gasteiger charge is -2.46. The van der Waals surface area contributed by atoms with Crippen LogP contribution in [0.3, 0.4) is 0 Å². The number of nitrogens with zero attached hydrogens (tertiary/aromatic N) is 1. The summed E-state index contributed by atoms with van der Waals surface area (Å²) in [5.41, 5.74) is 4.89. The largest absolute Gasteiger partial charge is 0.354 e. The van der Waals surface area contributed by atoms with Crippen molar-refractivity contribution in [1.82, 2.24) is 15.7 Å². The molecule has 2 aliphatic heterocycles. The van der Waals surface area contributed by atoms with Gasteiger partial charge in [-0.2, -0.15) is 0 Å². The van der Waals surface area contributed by atoms with Crippen LogP contribution in [0.1, 0.15) is 51.8 Å². The topological polar surface area (TPSA) is 87.7 Å².